The lowest BCUT2D eigenvalue weighted by Crippen LogP contribution is -2.46. The van der Waals surface area contributed by atoms with Crippen molar-refractivity contribution in [2.45, 2.75) is 37.8 Å². The SMILES string of the molecule is COc1cccc(CN(C)CC2(N)CCCC2)c1. The quantitative estimate of drug-likeness (QED) is 0.869. The van der Waals surface area contributed by atoms with Crippen LogP contribution in [-0.2, 0) is 6.54 Å². The van der Waals surface area contributed by atoms with Crippen molar-refractivity contribution in [2.75, 3.05) is 20.7 Å². The fourth-order valence-electron chi connectivity index (χ4n) is 2.91. The van der Waals surface area contributed by atoms with Gasteiger partial charge in [0.15, 0.2) is 0 Å². The Morgan fingerprint density at radius 3 is 2.72 bits per heavy atom. The first-order chi connectivity index (χ1) is 8.61. The summed E-state index contributed by atoms with van der Waals surface area (Å²) in [6.07, 6.45) is 4.89. The Bertz CT molecular complexity index is 386. The van der Waals surface area contributed by atoms with Crippen LogP contribution in [0.2, 0.25) is 0 Å². The third-order valence-electron chi connectivity index (χ3n) is 3.77. The first-order valence-electron chi connectivity index (χ1n) is 6.72. The van der Waals surface area contributed by atoms with Crippen molar-refractivity contribution in [1.29, 1.82) is 0 Å². The maximum absolute atomic E-state index is 6.40. The second-order valence-corrected chi connectivity index (χ2v) is 5.59. The second-order valence-electron chi connectivity index (χ2n) is 5.59. The first-order valence-corrected chi connectivity index (χ1v) is 6.72. The van der Waals surface area contributed by atoms with E-state index >= 15 is 0 Å². The van der Waals surface area contributed by atoms with Crippen LogP contribution in [0.1, 0.15) is 31.2 Å². The lowest BCUT2D eigenvalue weighted by atomic mass is 9.98. The van der Waals surface area contributed by atoms with Crippen LogP contribution >= 0.6 is 0 Å². The number of ether oxygens (including phenoxy) is 1. The van der Waals surface area contributed by atoms with Gasteiger partial charge in [-0.25, -0.2) is 0 Å². The van der Waals surface area contributed by atoms with E-state index in [1.165, 1.54) is 18.4 Å². The third kappa shape index (κ3) is 3.47. The molecule has 1 saturated carbocycles. The Labute approximate surface area is 110 Å². The summed E-state index contributed by atoms with van der Waals surface area (Å²) in [7, 11) is 3.85. The predicted molar refractivity (Wildman–Crippen MR) is 74.7 cm³/mol. The van der Waals surface area contributed by atoms with Crippen LogP contribution in [0.5, 0.6) is 5.75 Å². The minimum absolute atomic E-state index is 0.0353. The number of hydrogen-bond donors (Lipinski definition) is 1. The molecule has 0 aliphatic heterocycles. The fourth-order valence-corrected chi connectivity index (χ4v) is 2.91. The van der Waals surface area contributed by atoms with Crippen LogP contribution in [0.25, 0.3) is 0 Å². The zero-order valence-corrected chi connectivity index (χ0v) is 11.5. The molecule has 1 fully saturated rings. The number of rotatable bonds is 5. The van der Waals surface area contributed by atoms with E-state index in [2.05, 4.69) is 24.1 Å². The predicted octanol–water partition coefficient (Wildman–Crippen LogP) is 2.40. The molecule has 2 rings (SSSR count). The molecule has 0 unspecified atom stereocenters. The van der Waals surface area contributed by atoms with Gasteiger partial charge < -0.3 is 15.4 Å². The van der Waals surface area contributed by atoms with E-state index < -0.39 is 0 Å². The summed E-state index contributed by atoms with van der Waals surface area (Å²) in [5, 5.41) is 0. The average molecular weight is 248 g/mol. The summed E-state index contributed by atoms with van der Waals surface area (Å²) >= 11 is 0. The molecule has 3 nitrogen and oxygen atoms in total. The lowest BCUT2D eigenvalue weighted by Gasteiger charge is -2.29. The third-order valence-corrected chi connectivity index (χ3v) is 3.77. The highest BCUT2D eigenvalue weighted by atomic mass is 16.5. The van der Waals surface area contributed by atoms with Gasteiger partial charge in [0.1, 0.15) is 5.75 Å². The zero-order valence-electron chi connectivity index (χ0n) is 11.5. The number of nitrogens with two attached hydrogens (primary N) is 1. The number of likely N-dealkylation sites (N-methyl/N-ethyl adjacent to an activating group) is 1. The van der Waals surface area contributed by atoms with Crippen molar-refractivity contribution in [3.05, 3.63) is 29.8 Å². The van der Waals surface area contributed by atoms with Gasteiger partial charge in [-0.1, -0.05) is 25.0 Å². The number of nitrogens with zero attached hydrogens (tertiary/aromatic N) is 1. The molecular formula is C15H24N2O. The van der Waals surface area contributed by atoms with Crippen molar-refractivity contribution in [2.24, 2.45) is 5.73 Å². The van der Waals surface area contributed by atoms with Gasteiger partial charge in [-0.05, 0) is 37.6 Å². The highest BCUT2D eigenvalue weighted by Crippen LogP contribution is 2.28. The molecule has 0 atom stereocenters. The molecule has 1 aliphatic carbocycles. The summed E-state index contributed by atoms with van der Waals surface area (Å²) in [5.74, 6) is 0.921. The highest BCUT2D eigenvalue weighted by molar-refractivity contribution is 5.28. The van der Waals surface area contributed by atoms with E-state index in [-0.39, 0.29) is 5.54 Å². The van der Waals surface area contributed by atoms with Crippen LogP contribution in [0.3, 0.4) is 0 Å². The minimum Gasteiger partial charge on any atom is -0.497 e. The van der Waals surface area contributed by atoms with E-state index in [0.717, 1.165) is 31.7 Å². The van der Waals surface area contributed by atoms with Gasteiger partial charge in [-0.2, -0.15) is 0 Å². The molecule has 1 aromatic rings. The number of benzene rings is 1. The summed E-state index contributed by atoms with van der Waals surface area (Å²) < 4.78 is 5.25. The summed E-state index contributed by atoms with van der Waals surface area (Å²) in [5.41, 5.74) is 7.72. The van der Waals surface area contributed by atoms with Gasteiger partial charge >= 0.3 is 0 Å². The van der Waals surface area contributed by atoms with Crippen LogP contribution in [-0.4, -0.2) is 31.1 Å². The zero-order chi connectivity index (χ0) is 13.0. The van der Waals surface area contributed by atoms with Gasteiger partial charge in [0, 0.05) is 18.6 Å². The van der Waals surface area contributed by atoms with Gasteiger partial charge in [-0.15, -0.1) is 0 Å². The Morgan fingerprint density at radius 2 is 2.06 bits per heavy atom. The molecule has 0 bridgehead atoms. The molecule has 18 heavy (non-hydrogen) atoms. The van der Waals surface area contributed by atoms with Crippen molar-refractivity contribution in [3.63, 3.8) is 0 Å². The molecule has 1 aromatic carbocycles. The van der Waals surface area contributed by atoms with Crippen molar-refractivity contribution in [3.8, 4) is 5.75 Å². The largest absolute Gasteiger partial charge is 0.497 e. The van der Waals surface area contributed by atoms with E-state index in [0.29, 0.717) is 0 Å². The maximum Gasteiger partial charge on any atom is 0.119 e. The average Bonchev–Trinajstić information content (AvgIpc) is 2.75. The molecule has 0 amide bonds. The van der Waals surface area contributed by atoms with Crippen LogP contribution in [0.15, 0.2) is 24.3 Å². The smallest absolute Gasteiger partial charge is 0.119 e. The van der Waals surface area contributed by atoms with Gasteiger partial charge in [0.05, 0.1) is 7.11 Å². The van der Waals surface area contributed by atoms with E-state index in [4.69, 9.17) is 10.5 Å². The summed E-state index contributed by atoms with van der Waals surface area (Å²) in [6, 6.07) is 8.24. The maximum atomic E-state index is 6.40. The van der Waals surface area contributed by atoms with Crippen LogP contribution in [0, 0.1) is 0 Å². The molecule has 2 N–H and O–H groups in total. The van der Waals surface area contributed by atoms with E-state index in [9.17, 15) is 0 Å². The lowest BCUT2D eigenvalue weighted by molar-refractivity contribution is 0.241. The van der Waals surface area contributed by atoms with Crippen molar-refractivity contribution < 1.29 is 4.74 Å². The molecule has 0 saturated heterocycles. The molecule has 3 heteroatoms. The van der Waals surface area contributed by atoms with Crippen molar-refractivity contribution in [1.82, 2.24) is 4.90 Å². The first kappa shape index (κ1) is 13.4. The number of hydrogen-bond acceptors (Lipinski definition) is 3. The molecule has 1 aliphatic rings. The van der Waals surface area contributed by atoms with E-state index in [1.54, 1.807) is 7.11 Å². The number of methoxy groups -OCH3 is 1. The van der Waals surface area contributed by atoms with Crippen LogP contribution < -0.4 is 10.5 Å². The second kappa shape index (κ2) is 5.72. The Hall–Kier alpha value is -1.06. The van der Waals surface area contributed by atoms with Crippen molar-refractivity contribution >= 4 is 0 Å². The summed E-state index contributed by atoms with van der Waals surface area (Å²) in [4.78, 5) is 2.32. The molecule has 0 heterocycles. The topological polar surface area (TPSA) is 38.5 Å². The van der Waals surface area contributed by atoms with Crippen LogP contribution in [0.4, 0.5) is 0 Å². The fraction of sp³-hybridized carbons (Fsp3) is 0.600. The highest BCUT2D eigenvalue weighted by Gasteiger charge is 2.30. The molecule has 100 valence electrons. The van der Waals surface area contributed by atoms with E-state index in [1.807, 2.05) is 12.1 Å². The molecule has 0 aromatic heterocycles. The van der Waals surface area contributed by atoms with Gasteiger partial charge in [0.2, 0.25) is 0 Å². The Morgan fingerprint density at radius 1 is 1.33 bits per heavy atom. The van der Waals surface area contributed by atoms with Gasteiger partial charge in [-0.3, -0.25) is 0 Å². The molecule has 0 spiro atoms. The standard InChI is InChI=1S/C15H24N2O/c1-17(12-15(16)8-3-4-9-15)11-13-6-5-7-14(10-13)18-2/h5-7,10H,3-4,8-9,11-12,16H2,1-2H3. The summed E-state index contributed by atoms with van der Waals surface area (Å²) in [6.45, 7) is 1.90. The Balaban J connectivity index is 1.91. The molecular weight excluding hydrogens is 224 g/mol. The monoisotopic (exact) mass is 248 g/mol. The normalized spacial score (nSPS) is 18.2. The minimum atomic E-state index is 0.0353. The Kier molecular flexibility index (Phi) is 4.25. The van der Waals surface area contributed by atoms with Gasteiger partial charge in [0.25, 0.3) is 0 Å². The molecule has 0 radical (unpaired) electrons.